The topological polar surface area (TPSA) is 30.9 Å². The molecule has 2 N–H and O–H groups in total. The van der Waals surface area contributed by atoms with Gasteiger partial charge in [0.2, 0.25) is 0 Å². The number of benzene rings is 1. The van der Waals surface area contributed by atoms with Gasteiger partial charge in [-0.3, -0.25) is 0 Å². The Labute approximate surface area is 115 Å². The van der Waals surface area contributed by atoms with Gasteiger partial charge >= 0.3 is 0 Å². The average Bonchev–Trinajstić information content (AvgIpc) is 3.00. The van der Waals surface area contributed by atoms with Gasteiger partial charge in [0.05, 0.1) is 5.52 Å². The van der Waals surface area contributed by atoms with Crippen molar-refractivity contribution in [2.75, 3.05) is 6.54 Å². The molecule has 1 aliphatic carbocycles. The summed E-state index contributed by atoms with van der Waals surface area (Å²) in [7, 11) is 2.16. The van der Waals surface area contributed by atoms with Crippen molar-refractivity contribution in [3.05, 3.63) is 35.0 Å². The molecule has 1 fully saturated rings. The summed E-state index contributed by atoms with van der Waals surface area (Å²) in [4.78, 5) is 0. The Kier molecular flexibility index (Phi) is 2.94. The molecule has 2 heteroatoms. The van der Waals surface area contributed by atoms with Gasteiger partial charge in [0.1, 0.15) is 0 Å². The molecule has 1 aliphatic rings. The van der Waals surface area contributed by atoms with E-state index in [1.54, 1.807) is 0 Å². The molecule has 3 rings (SSSR count). The molecule has 19 heavy (non-hydrogen) atoms. The second kappa shape index (κ2) is 4.38. The van der Waals surface area contributed by atoms with Gasteiger partial charge in [0.25, 0.3) is 0 Å². The first-order valence-electron chi connectivity index (χ1n) is 7.35. The lowest BCUT2D eigenvalue weighted by Crippen LogP contribution is -2.31. The molecule has 0 aliphatic heterocycles. The summed E-state index contributed by atoms with van der Waals surface area (Å²) in [6.07, 6.45) is 7.46. The summed E-state index contributed by atoms with van der Waals surface area (Å²) in [6, 6.07) is 4.54. The molecule has 1 aromatic heterocycles. The molecule has 0 spiro atoms. The van der Waals surface area contributed by atoms with Crippen molar-refractivity contribution < 1.29 is 0 Å². The third-order valence-electron chi connectivity index (χ3n) is 5.19. The van der Waals surface area contributed by atoms with Crippen molar-refractivity contribution in [1.82, 2.24) is 4.57 Å². The lowest BCUT2D eigenvalue weighted by atomic mass is 9.78. The first kappa shape index (κ1) is 12.7. The fraction of sp³-hybridized carbons (Fsp3) is 0.529. The van der Waals surface area contributed by atoms with Crippen LogP contribution in [0.3, 0.4) is 0 Å². The highest BCUT2D eigenvalue weighted by Crippen LogP contribution is 2.44. The quantitative estimate of drug-likeness (QED) is 0.875. The summed E-state index contributed by atoms with van der Waals surface area (Å²) in [5.74, 6) is 0. The van der Waals surface area contributed by atoms with Crippen LogP contribution in [-0.4, -0.2) is 11.1 Å². The van der Waals surface area contributed by atoms with Gasteiger partial charge in [-0.15, -0.1) is 0 Å². The van der Waals surface area contributed by atoms with Crippen molar-refractivity contribution in [3.8, 4) is 0 Å². The van der Waals surface area contributed by atoms with Crippen LogP contribution in [0, 0.1) is 13.8 Å². The van der Waals surface area contributed by atoms with Gasteiger partial charge in [-0.2, -0.15) is 0 Å². The summed E-state index contributed by atoms with van der Waals surface area (Å²) >= 11 is 0. The van der Waals surface area contributed by atoms with Gasteiger partial charge in [0.15, 0.2) is 0 Å². The smallest absolute Gasteiger partial charge is 0.0513 e. The van der Waals surface area contributed by atoms with Crippen LogP contribution >= 0.6 is 0 Å². The molecule has 2 nitrogen and oxygen atoms in total. The van der Waals surface area contributed by atoms with E-state index in [1.807, 2.05) is 0 Å². The van der Waals surface area contributed by atoms with E-state index >= 15 is 0 Å². The van der Waals surface area contributed by atoms with Crippen molar-refractivity contribution in [3.63, 3.8) is 0 Å². The van der Waals surface area contributed by atoms with E-state index in [1.165, 1.54) is 53.3 Å². The number of aromatic nitrogens is 1. The second-order valence-electron chi connectivity index (χ2n) is 6.25. The highest BCUT2D eigenvalue weighted by Gasteiger charge is 2.36. The van der Waals surface area contributed by atoms with Crippen LogP contribution < -0.4 is 5.73 Å². The van der Waals surface area contributed by atoms with Gasteiger partial charge in [-0.1, -0.05) is 25.0 Å². The number of nitrogens with two attached hydrogens (primary N) is 1. The first-order valence-corrected chi connectivity index (χ1v) is 7.35. The Morgan fingerprint density at radius 1 is 1.21 bits per heavy atom. The van der Waals surface area contributed by atoms with Crippen LogP contribution in [-0.2, 0) is 12.5 Å². The fourth-order valence-corrected chi connectivity index (χ4v) is 3.86. The molecule has 102 valence electrons. The lowest BCUT2D eigenvalue weighted by molar-refractivity contribution is 0.456. The maximum Gasteiger partial charge on any atom is 0.0513 e. The van der Waals surface area contributed by atoms with Gasteiger partial charge < -0.3 is 10.3 Å². The molecular formula is C17H24N2. The molecule has 0 bridgehead atoms. The normalized spacial score (nSPS) is 18.3. The van der Waals surface area contributed by atoms with Crippen LogP contribution in [0.15, 0.2) is 18.3 Å². The molecule has 0 unspecified atom stereocenters. The molecule has 1 saturated carbocycles. The maximum absolute atomic E-state index is 6.16. The Morgan fingerprint density at radius 3 is 2.53 bits per heavy atom. The minimum Gasteiger partial charge on any atom is -0.350 e. The number of rotatable bonds is 2. The Morgan fingerprint density at radius 2 is 1.89 bits per heavy atom. The van der Waals surface area contributed by atoms with E-state index in [9.17, 15) is 0 Å². The van der Waals surface area contributed by atoms with E-state index in [4.69, 9.17) is 5.73 Å². The molecule has 1 aromatic carbocycles. The monoisotopic (exact) mass is 256 g/mol. The molecular weight excluding hydrogens is 232 g/mol. The van der Waals surface area contributed by atoms with E-state index in [0.717, 1.165) is 6.54 Å². The standard InChI is InChI=1S/C17H24N2/c1-12-6-7-14-15(10-19(3)16(14)13(12)2)17(11-18)8-4-5-9-17/h6-7,10H,4-5,8-9,11,18H2,1-3H3. The highest BCUT2D eigenvalue weighted by atomic mass is 14.9. The van der Waals surface area contributed by atoms with Crippen molar-refractivity contribution in [2.24, 2.45) is 12.8 Å². The molecule has 0 saturated heterocycles. The van der Waals surface area contributed by atoms with Crippen LogP contribution in [0.4, 0.5) is 0 Å². The predicted octanol–water partition coefficient (Wildman–Crippen LogP) is 3.57. The van der Waals surface area contributed by atoms with E-state index in [0.29, 0.717) is 0 Å². The SMILES string of the molecule is Cc1ccc2c(C3(CN)CCCC3)cn(C)c2c1C. The summed E-state index contributed by atoms with van der Waals surface area (Å²) in [5.41, 5.74) is 12.0. The van der Waals surface area contributed by atoms with Crippen LogP contribution in [0.1, 0.15) is 42.4 Å². The van der Waals surface area contributed by atoms with E-state index in [-0.39, 0.29) is 5.41 Å². The van der Waals surface area contributed by atoms with Gasteiger partial charge in [-0.05, 0) is 43.4 Å². The minimum absolute atomic E-state index is 0.223. The third kappa shape index (κ3) is 1.73. The zero-order valence-corrected chi connectivity index (χ0v) is 12.3. The summed E-state index contributed by atoms with van der Waals surface area (Å²) in [6.45, 7) is 5.19. The fourth-order valence-electron chi connectivity index (χ4n) is 3.86. The first-order chi connectivity index (χ1) is 9.09. The maximum atomic E-state index is 6.16. The number of hydrogen-bond acceptors (Lipinski definition) is 1. The molecule has 0 atom stereocenters. The lowest BCUT2D eigenvalue weighted by Gasteiger charge is -2.27. The summed E-state index contributed by atoms with van der Waals surface area (Å²) < 4.78 is 2.29. The number of aryl methyl sites for hydroxylation is 3. The molecule has 2 aromatic rings. The zero-order chi connectivity index (χ0) is 13.6. The molecule has 1 heterocycles. The van der Waals surface area contributed by atoms with Gasteiger partial charge in [0, 0.05) is 30.6 Å². The Balaban J connectivity index is 2.28. The van der Waals surface area contributed by atoms with E-state index in [2.05, 4.69) is 43.8 Å². The van der Waals surface area contributed by atoms with Crippen molar-refractivity contribution >= 4 is 10.9 Å². The second-order valence-corrected chi connectivity index (χ2v) is 6.25. The molecule has 0 amide bonds. The summed E-state index contributed by atoms with van der Waals surface area (Å²) in [5, 5.41) is 1.41. The Bertz CT molecular complexity index is 616. The minimum atomic E-state index is 0.223. The van der Waals surface area contributed by atoms with Crippen LogP contribution in [0.25, 0.3) is 10.9 Å². The van der Waals surface area contributed by atoms with Gasteiger partial charge in [-0.25, -0.2) is 0 Å². The predicted molar refractivity (Wildman–Crippen MR) is 81.6 cm³/mol. The number of fused-ring (bicyclic) bond motifs is 1. The number of hydrogen-bond donors (Lipinski definition) is 1. The van der Waals surface area contributed by atoms with Crippen molar-refractivity contribution in [2.45, 2.75) is 44.9 Å². The largest absolute Gasteiger partial charge is 0.350 e. The van der Waals surface area contributed by atoms with Crippen LogP contribution in [0.2, 0.25) is 0 Å². The molecule has 0 radical (unpaired) electrons. The number of nitrogens with zero attached hydrogens (tertiary/aromatic N) is 1. The van der Waals surface area contributed by atoms with E-state index < -0.39 is 0 Å². The third-order valence-corrected chi connectivity index (χ3v) is 5.19. The average molecular weight is 256 g/mol. The van der Waals surface area contributed by atoms with Crippen molar-refractivity contribution in [1.29, 1.82) is 0 Å². The highest BCUT2D eigenvalue weighted by molar-refractivity contribution is 5.88. The zero-order valence-electron chi connectivity index (χ0n) is 12.3. The van der Waals surface area contributed by atoms with Crippen LogP contribution in [0.5, 0.6) is 0 Å². The Hall–Kier alpha value is -1.28.